The van der Waals surface area contributed by atoms with E-state index in [-0.39, 0.29) is 24.7 Å². The molecule has 154 valence electrons. The fourth-order valence-corrected chi connectivity index (χ4v) is 3.31. The molecule has 2 aliphatic rings. The molecule has 3 rings (SSSR count). The van der Waals surface area contributed by atoms with Crippen LogP contribution in [-0.4, -0.2) is 56.1 Å². The third-order valence-corrected chi connectivity index (χ3v) is 4.74. The Labute approximate surface area is 168 Å². The molecule has 2 fully saturated rings. The van der Waals surface area contributed by atoms with Crippen LogP contribution in [0.3, 0.4) is 0 Å². The van der Waals surface area contributed by atoms with Crippen LogP contribution >= 0.6 is 0 Å². The molecule has 28 heavy (non-hydrogen) atoms. The van der Waals surface area contributed by atoms with Gasteiger partial charge in [0.1, 0.15) is 17.5 Å². The molecule has 7 heteroatoms. The number of piperidine rings is 1. The zero-order chi connectivity index (χ0) is 20.4. The summed E-state index contributed by atoms with van der Waals surface area (Å²) in [6, 6.07) is 7.84. The number of likely N-dealkylation sites (tertiary alicyclic amines) is 1. The molecule has 0 radical (unpaired) electrons. The van der Waals surface area contributed by atoms with Gasteiger partial charge in [0, 0.05) is 25.2 Å². The van der Waals surface area contributed by atoms with Crippen LogP contribution < -0.4 is 10.2 Å². The number of ether oxygens (including phenoxy) is 2. The third kappa shape index (κ3) is 5.88. The normalized spacial score (nSPS) is 22.7. The molecule has 0 aliphatic carbocycles. The fraction of sp³-hybridized carbons (Fsp3) is 0.667. The summed E-state index contributed by atoms with van der Waals surface area (Å²) in [7, 11) is -0.320. The Morgan fingerprint density at radius 1 is 1.18 bits per heavy atom. The molecule has 0 N–H and O–H groups in total. The highest BCUT2D eigenvalue weighted by Gasteiger charge is 2.33. The van der Waals surface area contributed by atoms with Crippen molar-refractivity contribution in [2.45, 2.75) is 59.2 Å². The first-order chi connectivity index (χ1) is 13.1. The lowest BCUT2D eigenvalue weighted by Gasteiger charge is -2.34. The molecule has 0 aromatic heterocycles. The van der Waals surface area contributed by atoms with Crippen LogP contribution in [0.1, 0.15) is 47.5 Å². The highest BCUT2D eigenvalue weighted by molar-refractivity contribution is 6.61. The Bertz CT molecular complexity index is 660. The molecule has 1 atom stereocenters. The van der Waals surface area contributed by atoms with E-state index in [1.165, 1.54) is 0 Å². The van der Waals surface area contributed by atoms with Gasteiger partial charge in [-0.25, -0.2) is 4.79 Å². The summed E-state index contributed by atoms with van der Waals surface area (Å²) in [5.74, 6) is 0.788. The first kappa shape index (κ1) is 21.0. The maximum Gasteiger partial charge on any atom is 0.493 e. The van der Waals surface area contributed by atoms with Gasteiger partial charge in [-0.15, -0.1) is 0 Å². The minimum absolute atomic E-state index is 0.0323. The van der Waals surface area contributed by atoms with E-state index in [2.05, 4.69) is 13.8 Å². The van der Waals surface area contributed by atoms with Gasteiger partial charge >= 0.3 is 13.2 Å². The van der Waals surface area contributed by atoms with Crippen molar-refractivity contribution in [3.8, 4) is 5.75 Å². The summed E-state index contributed by atoms with van der Waals surface area (Å²) >= 11 is 0. The van der Waals surface area contributed by atoms with Gasteiger partial charge in [-0.3, -0.25) is 0 Å². The lowest BCUT2D eigenvalue weighted by atomic mass is 9.76. The highest BCUT2D eigenvalue weighted by atomic mass is 16.6. The SMILES string of the molecule is CC1(C)COB(c2ccc(O[C@H]3CCCN(C(=O)OC(C)(C)C)C3)cc2)OC1. The van der Waals surface area contributed by atoms with E-state index in [0.29, 0.717) is 26.3 Å². The summed E-state index contributed by atoms with van der Waals surface area (Å²) in [5.41, 5.74) is 0.557. The van der Waals surface area contributed by atoms with Crippen molar-refractivity contribution in [3.63, 3.8) is 0 Å². The van der Waals surface area contributed by atoms with Crippen LogP contribution in [-0.2, 0) is 14.0 Å². The Morgan fingerprint density at radius 2 is 1.82 bits per heavy atom. The van der Waals surface area contributed by atoms with Crippen molar-refractivity contribution in [1.29, 1.82) is 0 Å². The summed E-state index contributed by atoms with van der Waals surface area (Å²) in [6.07, 6.45) is 1.52. The first-order valence-electron chi connectivity index (χ1n) is 10.1. The molecule has 0 saturated carbocycles. The van der Waals surface area contributed by atoms with E-state index in [1.807, 2.05) is 45.0 Å². The smallest absolute Gasteiger partial charge is 0.489 e. The summed E-state index contributed by atoms with van der Waals surface area (Å²) in [4.78, 5) is 14.0. The molecule has 2 saturated heterocycles. The molecule has 6 nitrogen and oxygen atoms in total. The monoisotopic (exact) mass is 389 g/mol. The first-order valence-corrected chi connectivity index (χ1v) is 10.1. The molecule has 2 heterocycles. The molecule has 2 aliphatic heterocycles. The van der Waals surface area contributed by atoms with Gasteiger partial charge < -0.3 is 23.7 Å². The average molecular weight is 389 g/mol. The van der Waals surface area contributed by atoms with Crippen molar-refractivity contribution in [1.82, 2.24) is 4.90 Å². The lowest BCUT2D eigenvalue weighted by Crippen LogP contribution is -2.47. The summed E-state index contributed by atoms with van der Waals surface area (Å²) in [6.45, 7) is 12.5. The van der Waals surface area contributed by atoms with E-state index in [1.54, 1.807) is 4.90 Å². The standard InChI is InChI=1S/C21H32BNO5/c1-20(2,3)28-19(24)23-12-6-7-18(13-23)27-17-10-8-16(9-11-17)22-25-14-21(4,5)15-26-22/h8-11,18H,6-7,12-15H2,1-5H3/t18-/m0/s1. The minimum atomic E-state index is -0.487. The van der Waals surface area contributed by atoms with Gasteiger partial charge in [0.2, 0.25) is 0 Å². The van der Waals surface area contributed by atoms with Gasteiger partial charge in [0.15, 0.2) is 0 Å². The zero-order valence-corrected chi connectivity index (χ0v) is 17.7. The van der Waals surface area contributed by atoms with Crippen molar-refractivity contribution in [2.24, 2.45) is 5.41 Å². The minimum Gasteiger partial charge on any atom is -0.489 e. The largest absolute Gasteiger partial charge is 0.493 e. The van der Waals surface area contributed by atoms with E-state index >= 15 is 0 Å². The quantitative estimate of drug-likeness (QED) is 0.743. The second kappa shape index (κ2) is 8.33. The van der Waals surface area contributed by atoms with E-state index in [9.17, 15) is 4.79 Å². The van der Waals surface area contributed by atoms with Crippen molar-refractivity contribution < 1.29 is 23.6 Å². The maximum absolute atomic E-state index is 12.3. The molecule has 0 unspecified atom stereocenters. The molecule has 1 aromatic carbocycles. The van der Waals surface area contributed by atoms with Crippen LogP contribution in [0, 0.1) is 5.41 Å². The summed E-state index contributed by atoms with van der Waals surface area (Å²) < 4.78 is 23.2. The van der Waals surface area contributed by atoms with Crippen LogP contribution in [0.5, 0.6) is 5.75 Å². The van der Waals surface area contributed by atoms with Gasteiger partial charge in [0.25, 0.3) is 0 Å². The van der Waals surface area contributed by atoms with Crippen molar-refractivity contribution in [3.05, 3.63) is 24.3 Å². The van der Waals surface area contributed by atoms with Crippen LogP contribution in [0.2, 0.25) is 0 Å². The molecule has 0 bridgehead atoms. The van der Waals surface area contributed by atoms with E-state index in [0.717, 1.165) is 24.1 Å². The number of nitrogens with zero attached hydrogens (tertiary/aromatic N) is 1. The van der Waals surface area contributed by atoms with Gasteiger partial charge in [0.05, 0.1) is 6.54 Å². The lowest BCUT2D eigenvalue weighted by molar-refractivity contribution is 0.00775. The fourth-order valence-electron chi connectivity index (χ4n) is 3.31. The number of hydrogen-bond acceptors (Lipinski definition) is 5. The van der Waals surface area contributed by atoms with Crippen LogP contribution in [0.15, 0.2) is 24.3 Å². The molecular formula is C21H32BNO5. The van der Waals surface area contributed by atoms with Gasteiger partial charge in [-0.05, 0) is 51.2 Å². The topological polar surface area (TPSA) is 57.2 Å². The zero-order valence-electron chi connectivity index (χ0n) is 17.7. The van der Waals surface area contributed by atoms with E-state index in [4.69, 9.17) is 18.8 Å². The Balaban J connectivity index is 1.53. The highest BCUT2D eigenvalue weighted by Crippen LogP contribution is 2.23. The number of amides is 1. The third-order valence-electron chi connectivity index (χ3n) is 4.74. The van der Waals surface area contributed by atoms with Crippen LogP contribution in [0.4, 0.5) is 4.79 Å². The molecule has 0 spiro atoms. The van der Waals surface area contributed by atoms with Gasteiger partial charge in [-0.2, -0.15) is 0 Å². The molecular weight excluding hydrogens is 357 g/mol. The second-order valence-electron chi connectivity index (χ2n) is 9.50. The average Bonchev–Trinajstić information content (AvgIpc) is 2.61. The number of carbonyl (C=O) groups is 1. The van der Waals surface area contributed by atoms with Crippen molar-refractivity contribution >= 4 is 18.7 Å². The predicted octanol–water partition coefficient (Wildman–Crippen LogP) is 3.23. The Morgan fingerprint density at radius 3 is 2.43 bits per heavy atom. The number of rotatable bonds is 3. The Hall–Kier alpha value is -1.73. The van der Waals surface area contributed by atoms with Crippen LogP contribution in [0.25, 0.3) is 0 Å². The van der Waals surface area contributed by atoms with Gasteiger partial charge in [-0.1, -0.05) is 26.0 Å². The molecule has 1 aromatic rings. The number of hydrogen-bond donors (Lipinski definition) is 0. The number of carbonyl (C=O) groups excluding carboxylic acids is 1. The predicted molar refractivity (Wildman–Crippen MR) is 109 cm³/mol. The van der Waals surface area contributed by atoms with E-state index < -0.39 is 5.60 Å². The second-order valence-corrected chi connectivity index (χ2v) is 9.50. The summed E-state index contributed by atoms with van der Waals surface area (Å²) in [5, 5.41) is 0. The maximum atomic E-state index is 12.3. The Kier molecular flexibility index (Phi) is 6.25. The van der Waals surface area contributed by atoms with Crippen molar-refractivity contribution in [2.75, 3.05) is 26.3 Å². The molecule has 1 amide bonds. The number of benzene rings is 1.